The van der Waals surface area contributed by atoms with Gasteiger partial charge in [0.2, 0.25) is 0 Å². The molecule has 8 nitrogen and oxygen atoms in total. The Morgan fingerprint density at radius 2 is 2.21 bits per heavy atom. The summed E-state index contributed by atoms with van der Waals surface area (Å²) in [5.41, 5.74) is 6.50. The molecule has 0 unspecified atom stereocenters. The van der Waals surface area contributed by atoms with Gasteiger partial charge in [-0.25, -0.2) is 0 Å². The fraction of sp³-hybridized carbons (Fsp3) is 0.333. The van der Waals surface area contributed by atoms with Crippen molar-refractivity contribution in [3.8, 4) is 0 Å². The summed E-state index contributed by atoms with van der Waals surface area (Å²) in [7, 11) is 0. The van der Waals surface area contributed by atoms with Gasteiger partial charge in [0.15, 0.2) is 0 Å². The third-order valence-corrected chi connectivity index (χ3v) is 4.37. The van der Waals surface area contributed by atoms with Crippen molar-refractivity contribution in [1.29, 1.82) is 0 Å². The second-order valence-electron chi connectivity index (χ2n) is 5.11. The van der Waals surface area contributed by atoms with Crippen LogP contribution in [0.15, 0.2) is 24.3 Å². The number of carbonyl (C=O) groups excluding carboxylic acids is 3. The molecule has 2 atom stereocenters. The van der Waals surface area contributed by atoms with Gasteiger partial charge in [-0.15, -0.1) is 0 Å². The molecule has 0 saturated carbocycles. The van der Waals surface area contributed by atoms with Gasteiger partial charge in [0.25, 0.3) is 0 Å². The maximum absolute atomic E-state index is 12.5. The summed E-state index contributed by atoms with van der Waals surface area (Å²) >= 11 is -0.504. The van der Waals surface area contributed by atoms with Crippen LogP contribution in [0.5, 0.6) is 0 Å². The van der Waals surface area contributed by atoms with E-state index in [1.165, 1.54) is 3.88 Å². The van der Waals surface area contributed by atoms with Gasteiger partial charge in [-0.3, -0.25) is 0 Å². The molecule has 2 rings (SSSR count). The Morgan fingerprint density at radius 1 is 1.50 bits per heavy atom. The second-order valence-corrected chi connectivity index (χ2v) is 6.10. The summed E-state index contributed by atoms with van der Waals surface area (Å²) in [6, 6.07) is 6.64. The molecule has 1 heterocycles. The van der Waals surface area contributed by atoms with Crippen molar-refractivity contribution < 1.29 is 23.9 Å². The van der Waals surface area contributed by atoms with E-state index in [0.29, 0.717) is 17.9 Å². The van der Waals surface area contributed by atoms with Crippen molar-refractivity contribution in [2.75, 3.05) is 24.2 Å². The van der Waals surface area contributed by atoms with Gasteiger partial charge < -0.3 is 0 Å². The minimum atomic E-state index is -1.40. The average Bonchev–Trinajstić information content (AvgIpc) is 2.55. The molecule has 24 heavy (non-hydrogen) atoms. The molecule has 126 valence electrons. The predicted molar refractivity (Wildman–Crippen MR) is 89.4 cm³/mol. The molecule has 0 radical (unpaired) electrons. The van der Waals surface area contributed by atoms with Crippen molar-refractivity contribution in [2.45, 2.75) is 19.1 Å². The van der Waals surface area contributed by atoms with Crippen LogP contribution in [0.3, 0.4) is 0 Å². The van der Waals surface area contributed by atoms with E-state index in [-0.39, 0.29) is 6.61 Å². The third kappa shape index (κ3) is 4.20. The van der Waals surface area contributed by atoms with Crippen molar-refractivity contribution >= 4 is 49.5 Å². The Bertz CT molecular complexity index is 666. The monoisotopic (exact) mass is 347 g/mol. The number of nitrogens with zero attached hydrogens (tertiary/aromatic N) is 1. The van der Waals surface area contributed by atoms with Crippen LogP contribution in [-0.4, -0.2) is 67.4 Å². The number of para-hydroxylation sites is 2. The number of amides is 2. The zero-order valence-electron chi connectivity index (χ0n) is 13.2. The van der Waals surface area contributed by atoms with E-state index >= 15 is 0 Å². The number of benzene rings is 1. The Kier molecular flexibility index (Phi) is 6.09. The number of rotatable bonds is 5. The topological polar surface area (TPSA) is 111 Å². The number of esters is 1. The van der Waals surface area contributed by atoms with Gasteiger partial charge in [0.05, 0.1) is 0 Å². The van der Waals surface area contributed by atoms with E-state index in [1.807, 2.05) is 0 Å². The van der Waals surface area contributed by atoms with E-state index in [1.54, 1.807) is 24.3 Å². The molecule has 1 saturated heterocycles. The number of carbonyl (C=O) groups is 3. The van der Waals surface area contributed by atoms with Gasteiger partial charge in [0, 0.05) is 0 Å². The fourth-order valence-electron chi connectivity index (χ4n) is 2.27. The number of nitrogen functional groups attached to an aromatic ring is 1. The quantitative estimate of drug-likeness (QED) is 0.419. The number of nitrogens with two attached hydrogens (primary N) is 1. The number of ether oxygens (including phenoxy) is 2. The summed E-state index contributed by atoms with van der Waals surface area (Å²) in [4.78, 5) is 36.3. The first kappa shape index (κ1) is 18.1. The Morgan fingerprint density at radius 3 is 2.83 bits per heavy atom. The van der Waals surface area contributed by atoms with Gasteiger partial charge in [-0.1, -0.05) is 0 Å². The van der Waals surface area contributed by atoms with Gasteiger partial charge >= 0.3 is 145 Å². The molecular weight excluding hydrogens is 329 g/mol. The molecule has 1 fully saturated rings. The SMILES string of the molecule is [CH2]=[Al][N]1CCO[C@H]([C@@H](OC(C)=O)C(=O)Nc2ccccc2N)C1=O. The summed E-state index contributed by atoms with van der Waals surface area (Å²) in [6.45, 7) is 1.82. The minimum absolute atomic E-state index is 0.247. The number of hydrogen-bond acceptors (Lipinski definition) is 6. The Balaban J connectivity index is 2.22. The van der Waals surface area contributed by atoms with E-state index < -0.39 is 45.0 Å². The molecule has 1 aliphatic rings. The van der Waals surface area contributed by atoms with Gasteiger partial charge in [0.1, 0.15) is 0 Å². The van der Waals surface area contributed by atoms with Crippen LogP contribution in [0.25, 0.3) is 0 Å². The van der Waals surface area contributed by atoms with E-state index in [4.69, 9.17) is 15.2 Å². The van der Waals surface area contributed by atoms with Gasteiger partial charge in [-0.2, -0.15) is 0 Å². The first-order chi connectivity index (χ1) is 11.4. The van der Waals surface area contributed by atoms with Crippen molar-refractivity contribution in [3.05, 3.63) is 24.3 Å². The zero-order chi connectivity index (χ0) is 17.7. The van der Waals surface area contributed by atoms with Crippen LogP contribution in [0.2, 0.25) is 0 Å². The molecule has 0 spiro atoms. The molecule has 0 bridgehead atoms. The fourth-order valence-corrected chi connectivity index (χ4v) is 2.88. The summed E-state index contributed by atoms with van der Waals surface area (Å²) in [5, 5.41) is 6.31. The molecule has 0 aromatic heterocycles. The van der Waals surface area contributed by atoms with Crippen LogP contribution >= 0.6 is 0 Å². The van der Waals surface area contributed by atoms with Crippen LogP contribution in [0, 0.1) is 0 Å². The molecular formula is C15H18AlN3O5. The number of hydrogen-bond donors (Lipinski definition) is 2. The van der Waals surface area contributed by atoms with Crippen molar-refractivity contribution in [1.82, 2.24) is 3.88 Å². The van der Waals surface area contributed by atoms with Crippen LogP contribution in [0.1, 0.15) is 6.92 Å². The Hall–Kier alpha value is -2.21. The first-order valence-corrected chi connectivity index (χ1v) is 8.64. The zero-order valence-corrected chi connectivity index (χ0v) is 14.4. The van der Waals surface area contributed by atoms with E-state index in [2.05, 4.69) is 10.7 Å². The number of morpholine rings is 1. The molecule has 1 aromatic rings. The van der Waals surface area contributed by atoms with Gasteiger partial charge in [-0.05, 0) is 0 Å². The molecule has 2 amide bonds. The maximum atomic E-state index is 12.5. The van der Waals surface area contributed by atoms with E-state index in [0.717, 1.165) is 6.92 Å². The molecule has 0 aliphatic carbocycles. The standard InChI is InChI=1S/C14H17N3O5.CH2.Al/c1-8(18)22-12(11-13(19)16-6-7-21-11)14(20)17-10-5-3-2-4-9(10)15;;/h2-5,11-12H,6-7,15H2,1H3,(H2,16,17,19,20);1H2;/q;;+1/p-1/t11-,12-;;/m1../s1. The normalized spacial score (nSPS) is 18.5. The summed E-state index contributed by atoms with van der Waals surface area (Å²) < 4.78 is 12.0. The Labute approximate surface area is 145 Å². The van der Waals surface area contributed by atoms with Crippen LogP contribution in [-0.2, 0) is 23.9 Å². The van der Waals surface area contributed by atoms with Crippen molar-refractivity contribution in [3.63, 3.8) is 0 Å². The number of nitrogens with one attached hydrogen (secondary N) is 1. The summed E-state index contributed by atoms with van der Waals surface area (Å²) in [6.07, 6.45) is -2.59. The third-order valence-electron chi connectivity index (χ3n) is 3.42. The van der Waals surface area contributed by atoms with Crippen molar-refractivity contribution in [2.24, 2.45) is 0 Å². The molecule has 1 aliphatic heterocycles. The molecule has 1 aromatic carbocycles. The number of anilines is 2. The van der Waals surface area contributed by atoms with E-state index in [9.17, 15) is 14.4 Å². The molecule has 3 N–H and O–H groups in total. The average molecular weight is 347 g/mol. The van der Waals surface area contributed by atoms with Crippen LogP contribution < -0.4 is 11.1 Å². The first-order valence-electron chi connectivity index (χ1n) is 7.31. The summed E-state index contributed by atoms with van der Waals surface area (Å²) in [5.74, 6) is -1.78. The van der Waals surface area contributed by atoms with Crippen LogP contribution in [0.4, 0.5) is 11.4 Å². The molecule has 9 heteroatoms. The second kappa shape index (κ2) is 8.06. The predicted octanol–water partition coefficient (Wildman–Crippen LogP) is -0.582.